The van der Waals surface area contributed by atoms with E-state index in [1.165, 1.54) is 11.3 Å². The second-order valence-electron chi connectivity index (χ2n) is 5.77. The first kappa shape index (κ1) is 17.7. The Hall–Kier alpha value is -3.71. The molecule has 1 amide bonds. The molecule has 0 spiro atoms. The number of nitrogens with one attached hydrogen (secondary N) is 2. The van der Waals surface area contributed by atoms with Crippen LogP contribution in [0.25, 0.3) is 0 Å². The molecule has 0 saturated heterocycles. The number of carbonyl (C=O) groups is 1. The van der Waals surface area contributed by atoms with Gasteiger partial charge in [0, 0.05) is 17.3 Å². The molecule has 0 aliphatic rings. The number of pyridine rings is 1. The number of anilines is 3. The molecule has 0 aliphatic heterocycles. The van der Waals surface area contributed by atoms with Gasteiger partial charge in [-0.2, -0.15) is 0 Å². The predicted molar refractivity (Wildman–Crippen MR) is 111 cm³/mol. The third kappa shape index (κ3) is 4.52. The van der Waals surface area contributed by atoms with E-state index in [1.807, 2.05) is 48.5 Å². The normalized spacial score (nSPS) is 10.3. The van der Waals surface area contributed by atoms with E-state index in [0.717, 1.165) is 5.75 Å². The van der Waals surface area contributed by atoms with Crippen LogP contribution in [0.5, 0.6) is 11.5 Å². The number of nitrogens with zero attached hydrogens (tertiary/aromatic N) is 2. The minimum Gasteiger partial charge on any atom is -0.457 e. The van der Waals surface area contributed by atoms with Crippen molar-refractivity contribution in [2.45, 2.75) is 0 Å². The van der Waals surface area contributed by atoms with E-state index in [2.05, 4.69) is 20.6 Å². The first-order valence-corrected chi connectivity index (χ1v) is 9.42. The lowest BCUT2D eigenvalue weighted by atomic mass is 10.3. The van der Waals surface area contributed by atoms with E-state index in [-0.39, 0.29) is 5.91 Å². The second kappa shape index (κ2) is 8.32. The topological polar surface area (TPSA) is 76.1 Å². The largest absolute Gasteiger partial charge is 0.457 e. The summed E-state index contributed by atoms with van der Waals surface area (Å²) < 4.78 is 5.75. The summed E-state index contributed by atoms with van der Waals surface area (Å²) in [6.07, 6.45) is 1.69. The molecule has 6 nitrogen and oxygen atoms in total. The molecule has 7 heteroatoms. The zero-order valence-corrected chi connectivity index (χ0v) is 15.5. The third-order valence-corrected chi connectivity index (χ3v) is 4.49. The monoisotopic (exact) mass is 388 g/mol. The molecule has 0 aliphatic carbocycles. The van der Waals surface area contributed by atoms with Crippen molar-refractivity contribution in [3.05, 3.63) is 90.1 Å². The Labute approximate surface area is 165 Å². The van der Waals surface area contributed by atoms with Crippen LogP contribution in [-0.2, 0) is 0 Å². The number of aromatic nitrogens is 2. The highest BCUT2D eigenvalue weighted by Crippen LogP contribution is 2.24. The Morgan fingerprint density at radius 1 is 0.893 bits per heavy atom. The molecule has 2 N–H and O–H groups in total. The lowest BCUT2D eigenvalue weighted by Crippen LogP contribution is -2.12. The first-order chi connectivity index (χ1) is 13.8. The zero-order valence-electron chi connectivity index (χ0n) is 14.7. The molecule has 0 radical (unpaired) electrons. The van der Waals surface area contributed by atoms with Gasteiger partial charge in [-0.25, -0.2) is 9.97 Å². The van der Waals surface area contributed by atoms with Crippen LogP contribution < -0.4 is 15.4 Å². The molecule has 2 aromatic heterocycles. The van der Waals surface area contributed by atoms with Crippen LogP contribution in [0.3, 0.4) is 0 Å². The number of ether oxygens (including phenoxy) is 1. The van der Waals surface area contributed by atoms with Crippen molar-refractivity contribution in [3.63, 3.8) is 0 Å². The molecule has 0 fully saturated rings. The van der Waals surface area contributed by atoms with Crippen LogP contribution in [0.15, 0.2) is 84.4 Å². The molecule has 0 saturated carbocycles. The van der Waals surface area contributed by atoms with Gasteiger partial charge in [-0.3, -0.25) is 4.79 Å². The highest BCUT2D eigenvalue weighted by atomic mass is 32.1. The minimum atomic E-state index is -0.276. The molecule has 28 heavy (non-hydrogen) atoms. The first-order valence-electron chi connectivity index (χ1n) is 8.54. The van der Waals surface area contributed by atoms with Crippen molar-refractivity contribution in [3.8, 4) is 11.5 Å². The number of benzene rings is 2. The number of hydrogen-bond acceptors (Lipinski definition) is 6. The molecule has 2 heterocycles. The van der Waals surface area contributed by atoms with E-state index in [1.54, 1.807) is 35.8 Å². The summed E-state index contributed by atoms with van der Waals surface area (Å²) in [5.41, 5.74) is 1.01. The van der Waals surface area contributed by atoms with Gasteiger partial charge in [0.05, 0.1) is 0 Å². The van der Waals surface area contributed by atoms with E-state index >= 15 is 0 Å². The molecule has 4 rings (SSSR count). The van der Waals surface area contributed by atoms with Crippen molar-refractivity contribution >= 4 is 33.9 Å². The average molecular weight is 388 g/mol. The van der Waals surface area contributed by atoms with Gasteiger partial charge in [0.1, 0.15) is 23.0 Å². The fraction of sp³-hybridized carbons (Fsp3) is 0. The number of thiazole rings is 1. The van der Waals surface area contributed by atoms with Crippen LogP contribution >= 0.6 is 11.3 Å². The van der Waals surface area contributed by atoms with Gasteiger partial charge in [0.2, 0.25) is 0 Å². The number of para-hydroxylation sites is 1. The van der Waals surface area contributed by atoms with Crippen molar-refractivity contribution in [2.24, 2.45) is 0 Å². The maximum absolute atomic E-state index is 12.4. The SMILES string of the molecule is O=C(Nc1ccc(Oc2ccccc2)cc1)c1csc(Nc2ccccn2)n1. The van der Waals surface area contributed by atoms with Crippen molar-refractivity contribution in [2.75, 3.05) is 10.6 Å². The van der Waals surface area contributed by atoms with E-state index < -0.39 is 0 Å². The van der Waals surface area contributed by atoms with Crippen LogP contribution in [0.1, 0.15) is 10.5 Å². The molecule has 0 bridgehead atoms. The zero-order chi connectivity index (χ0) is 19.2. The lowest BCUT2D eigenvalue weighted by molar-refractivity contribution is 0.102. The second-order valence-corrected chi connectivity index (χ2v) is 6.63. The van der Waals surface area contributed by atoms with Gasteiger partial charge < -0.3 is 15.4 Å². The molecule has 138 valence electrons. The van der Waals surface area contributed by atoms with E-state index in [4.69, 9.17) is 4.74 Å². The molecule has 2 aromatic carbocycles. The maximum atomic E-state index is 12.4. The molecule has 0 atom stereocenters. The Morgan fingerprint density at radius 2 is 1.64 bits per heavy atom. The number of rotatable bonds is 6. The lowest BCUT2D eigenvalue weighted by Gasteiger charge is -2.07. The van der Waals surface area contributed by atoms with Gasteiger partial charge in [-0.15, -0.1) is 11.3 Å². The summed E-state index contributed by atoms with van der Waals surface area (Å²) >= 11 is 1.34. The Kier molecular flexibility index (Phi) is 5.26. The van der Waals surface area contributed by atoms with Gasteiger partial charge in [-0.1, -0.05) is 24.3 Å². The van der Waals surface area contributed by atoms with Gasteiger partial charge in [-0.05, 0) is 48.5 Å². The number of amides is 1. The predicted octanol–water partition coefficient (Wildman–Crippen LogP) is 5.33. The summed E-state index contributed by atoms with van der Waals surface area (Å²) in [5, 5.41) is 8.21. The highest BCUT2D eigenvalue weighted by molar-refractivity contribution is 7.14. The highest BCUT2D eigenvalue weighted by Gasteiger charge is 2.11. The molecule has 0 unspecified atom stereocenters. The van der Waals surface area contributed by atoms with Gasteiger partial charge in [0.25, 0.3) is 5.91 Å². The summed E-state index contributed by atoms with van der Waals surface area (Å²) in [6, 6.07) is 22.2. The van der Waals surface area contributed by atoms with Crippen LogP contribution in [0, 0.1) is 0 Å². The van der Waals surface area contributed by atoms with Crippen molar-refractivity contribution < 1.29 is 9.53 Å². The molecular weight excluding hydrogens is 372 g/mol. The van der Waals surface area contributed by atoms with Crippen molar-refractivity contribution in [1.82, 2.24) is 9.97 Å². The number of carbonyl (C=O) groups excluding carboxylic acids is 1. The fourth-order valence-electron chi connectivity index (χ4n) is 2.41. The molecule has 4 aromatic rings. The van der Waals surface area contributed by atoms with E-state index in [0.29, 0.717) is 28.1 Å². The van der Waals surface area contributed by atoms with Gasteiger partial charge >= 0.3 is 0 Å². The smallest absolute Gasteiger partial charge is 0.275 e. The Balaban J connectivity index is 1.37. The fourth-order valence-corrected chi connectivity index (χ4v) is 3.11. The quantitative estimate of drug-likeness (QED) is 0.467. The summed E-state index contributed by atoms with van der Waals surface area (Å²) in [4.78, 5) is 20.9. The van der Waals surface area contributed by atoms with Crippen molar-refractivity contribution in [1.29, 1.82) is 0 Å². The molecular formula is C21H16N4O2S. The Morgan fingerprint density at radius 3 is 2.39 bits per heavy atom. The van der Waals surface area contributed by atoms with Crippen LogP contribution in [-0.4, -0.2) is 15.9 Å². The van der Waals surface area contributed by atoms with Crippen LogP contribution in [0.4, 0.5) is 16.6 Å². The maximum Gasteiger partial charge on any atom is 0.275 e. The standard InChI is InChI=1S/C21H16N4O2S/c26-20(18-14-28-21(24-18)25-19-8-4-5-13-22-19)23-15-9-11-17(12-10-15)27-16-6-2-1-3-7-16/h1-14H,(H,23,26)(H,22,24,25). The summed E-state index contributed by atoms with van der Waals surface area (Å²) in [5.74, 6) is 1.86. The minimum absolute atomic E-state index is 0.276. The third-order valence-electron chi connectivity index (χ3n) is 3.73. The average Bonchev–Trinajstić information content (AvgIpc) is 3.20. The van der Waals surface area contributed by atoms with Crippen LogP contribution in [0.2, 0.25) is 0 Å². The Bertz CT molecular complexity index is 1050. The summed E-state index contributed by atoms with van der Waals surface area (Å²) in [6.45, 7) is 0. The summed E-state index contributed by atoms with van der Waals surface area (Å²) in [7, 11) is 0. The number of hydrogen-bond donors (Lipinski definition) is 2. The van der Waals surface area contributed by atoms with E-state index in [9.17, 15) is 4.79 Å². The van der Waals surface area contributed by atoms with Gasteiger partial charge in [0.15, 0.2) is 5.13 Å².